The van der Waals surface area contributed by atoms with Crippen LogP contribution in [0.4, 0.5) is 10.8 Å². The van der Waals surface area contributed by atoms with Crippen molar-refractivity contribution in [1.82, 2.24) is 4.98 Å². The second-order valence-corrected chi connectivity index (χ2v) is 5.84. The Hall–Kier alpha value is -1.59. The Morgan fingerprint density at radius 1 is 1.42 bits per heavy atom. The summed E-state index contributed by atoms with van der Waals surface area (Å²) in [5.74, 6) is -0.0380. The van der Waals surface area contributed by atoms with Gasteiger partial charge in [0.25, 0.3) is 5.91 Å². The third-order valence-corrected chi connectivity index (χ3v) is 4.22. The number of nitrogen functional groups attached to an aromatic ring is 1. The molecule has 2 heterocycles. The van der Waals surface area contributed by atoms with Crippen LogP contribution in [0.1, 0.15) is 21.8 Å². The van der Waals surface area contributed by atoms with Crippen LogP contribution in [0.3, 0.4) is 0 Å². The van der Waals surface area contributed by atoms with Crippen molar-refractivity contribution >= 4 is 39.7 Å². The first-order valence-corrected chi connectivity index (χ1v) is 7.17. The first kappa shape index (κ1) is 12.4. The molecule has 1 aliphatic heterocycles. The Morgan fingerprint density at radius 3 is 3.05 bits per heavy atom. The Labute approximate surface area is 119 Å². The molecule has 6 heteroatoms. The number of anilines is 2. The molecule has 0 atom stereocenters. The van der Waals surface area contributed by atoms with Gasteiger partial charge in [-0.3, -0.25) is 4.79 Å². The van der Waals surface area contributed by atoms with Crippen molar-refractivity contribution in [3.8, 4) is 0 Å². The van der Waals surface area contributed by atoms with Gasteiger partial charge in [0.15, 0.2) is 5.13 Å². The highest BCUT2D eigenvalue weighted by Gasteiger charge is 2.26. The number of aryl methyl sites for hydroxylation is 1. The van der Waals surface area contributed by atoms with Gasteiger partial charge in [0, 0.05) is 17.3 Å². The average molecular weight is 294 g/mol. The summed E-state index contributed by atoms with van der Waals surface area (Å²) < 4.78 is 0. The van der Waals surface area contributed by atoms with Crippen LogP contribution >= 0.6 is 22.9 Å². The van der Waals surface area contributed by atoms with E-state index in [-0.39, 0.29) is 5.91 Å². The Kier molecular flexibility index (Phi) is 3.16. The monoisotopic (exact) mass is 293 g/mol. The molecule has 0 unspecified atom stereocenters. The first-order chi connectivity index (χ1) is 9.15. The molecular weight excluding hydrogens is 282 g/mol. The van der Waals surface area contributed by atoms with Crippen LogP contribution in [-0.4, -0.2) is 17.4 Å². The smallest absolute Gasteiger partial charge is 0.270 e. The average Bonchev–Trinajstić information content (AvgIpc) is 2.68. The van der Waals surface area contributed by atoms with Crippen LogP contribution in [-0.2, 0) is 6.42 Å². The lowest BCUT2D eigenvalue weighted by molar-refractivity contribution is 0.0992. The van der Waals surface area contributed by atoms with Gasteiger partial charge in [-0.05, 0) is 31.0 Å². The van der Waals surface area contributed by atoms with Crippen molar-refractivity contribution < 1.29 is 4.79 Å². The zero-order valence-electron chi connectivity index (χ0n) is 10.1. The summed E-state index contributed by atoms with van der Waals surface area (Å²) in [7, 11) is 0. The number of halogens is 1. The summed E-state index contributed by atoms with van der Waals surface area (Å²) in [6.45, 7) is 0.669. The molecule has 4 nitrogen and oxygen atoms in total. The Bertz CT molecular complexity index is 641. The number of nitrogens with two attached hydrogens (primary N) is 1. The van der Waals surface area contributed by atoms with Crippen molar-refractivity contribution in [1.29, 1.82) is 0 Å². The van der Waals surface area contributed by atoms with Gasteiger partial charge in [0.1, 0.15) is 4.88 Å². The van der Waals surface area contributed by atoms with E-state index >= 15 is 0 Å². The van der Waals surface area contributed by atoms with E-state index in [2.05, 4.69) is 4.98 Å². The van der Waals surface area contributed by atoms with Crippen LogP contribution in [0.25, 0.3) is 0 Å². The maximum Gasteiger partial charge on any atom is 0.270 e. The van der Waals surface area contributed by atoms with Crippen LogP contribution < -0.4 is 10.6 Å². The van der Waals surface area contributed by atoms with Gasteiger partial charge in [0.05, 0.1) is 5.69 Å². The standard InChI is InChI=1S/C13H12ClN3OS/c14-8-3-1-4-9(7-8)17-6-2-5-10-11(12(17)18)19-13(15)16-10/h1,3-4,7H,2,5-6H2,(H2,15,16). The third kappa shape index (κ3) is 2.31. The number of aromatic nitrogens is 1. The molecule has 1 aliphatic rings. The van der Waals surface area contributed by atoms with Crippen molar-refractivity contribution in [2.45, 2.75) is 12.8 Å². The lowest BCUT2D eigenvalue weighted by atomic mass is 10.2. The SMILES string of the molecule is Nc1nc2c(s1)C(=O)N(c1cccc(Cl)c1)CCC2. The lowest BCUT2D eigenvalue weighted by Gasteiger charge is -2.20. The summed E-state index contributed by atoms with van der Waals surface area (Å²) >= 11 is 7.25. The largest absolute Gasteiger partial charge is 0.375 e. The van der Waals surface area contributed by atoms with E-state index in [9.17, 15) is 4.79 Å². The number of carbonyl (C=O) groups is 1. The van der Waals surface area contributed by atoms with Crippen LogP contribution in [0, 0.1) is 0 Å². The third-order valence-electron chi connectivity index (χ3n) is 3.07. The summed E-state index contributed by atoms with van der Waals surface area (Å²) in [6.07, 6.45) is 1.65. The van der Waals surface area contributed by atoms with E-state index in [0.29, 0.717) is 21.6 Å². The van der Waals surface area contributed by atoms with Crippen molar-refractivity contribution in [3.63, 3.8) is 0 Å². The number of fused-ring (bicyclic) bond motifs is 1. The Morgan fingerprint density at radius 2 is 2.26 bits per heavy atom. The minimum absolute atomic E-state index is 0.0380. The fourth-order valence-electron chi connectivity index (χ4n) is 2.23. The summed E-state index contributed by atoms with van der Waals surface area (Å²) in [4.78, 5) is 19.2. The van der Waals surface area contributed by atoms with Crippen molar-refractivity contribution in [2.24, 2.45) is 0 Å². The molecule has 1 aromatic carbocycles. The minimum Gasteiger partial charge on any atom is -0.375 e. The van der Waals surface area contributed by atoms with E-state index in [1.54, 1.807) is 17.0 Å². The van der Waals surface area contributed by atoms with Gasteiger partial charge in [0.2, 0.25) is 0 Å². The molecule has 3 rings (SSSR count). The highest BCUT2D eigenvalue weighted by molar-refractivity contribution is 7.17. The molecule has 0 radical (unpaired) electrons. The van der Waals surface area contributed by atoms with Gasteiger partial charge >= 0.3 is 0 Å². The molecule has 98 valence electrons. The minimum atomic E-state index is -0.0380. The zero-order chi connectivity index (χ0) is 13.4. The van der Waals surface area contributed by atoms with Crippen LogP contribution in [0.2, 0.25) is 5.02 Å². The second kappa shape index (κ2) is 4.83. The van der Waals surface area contributed by atoms with Crippen LogP contribution in [0.5, 0.6) is 0 Å². The number of hydrogen-bond acceptors (Lipinski definition) is 4. The Balaban J connectivity index is 2.02. The molecule has 19 heavy (non-hydrogen) atoms. The molecule has 2 aromatic rings. The van der Waals surface area contributed by atoms with Gasteiger partial charge in [-0.1, -0.05) is 29.0 Å². The number of thiazole rings is 1. The molecule has 0 saturated carbocycles. The first-order valence-electron chi connectivity index (χ1n) is 5.98. The fourth-order valence-corrected chi connectivity index (χ4v) is 3.24. The van der Waals surface area contributed by atoms with E-state index in [1.165, 1.54) is 11.3 Å². The maximum absolute atomic E-state index is 12.6. The zero-order valence-corrected chi connectivity index (χ0v) is 11.7. The number of benzene rings is 1. The molecule has 0 saturated heterocycles. The summed E-state index contributed by atoms with van der Waals surface area (Å²) in [5, 5.41) is 1.07. The molecule has 0 spiro atoms. The van der Waals surface area contributed by atoms with E-state index in [1.807, 2.05) is 12.1 Å². The van der Waals surface area contributed by atoms with Crippen LogP contribution in [0.15, 0.2) is 24.3 Å². The predicted octanol–water partition coefficient (Wildman–Crippen LogP) is 2.97. The summed E-state index contributed by atoms with van der Waals surface area (Å²) in [6, 6.07) is 7.33. The van der Waals surface area contributed by atoms with Gasteiger partial charge in [-0.15, -0.1) is 0 Å². The molecular formula is C13H12ClN3OS. The van der Waals surface area contributed by atoms with Crippen molar-refractivity contribution in [3.05, 3.63) is 39.9 Å². The molecule has 0 aliphatic carbocycles. The highest BCUT2D eigenvalue weighted by Crippen LogP contribution is 2.29. The van der Waals surface area contributed by atoms with Gasteiger partial charge in [-0.2, -0.15) is 0 Å². The maximum atomic E-state index is 12.6. The van der Waals surface area contributed by atoms with E-state index < -0.39 is 0 Å². The molecule has 0 bridgehead atoms. The molecule has 1 amide bonds. The molecule has 2 N–H and O–H groups in total. The highest BCUT2D eigenvalue weighted by atomic mass is 35.5. The normalized spacial score (nSPS) is 15.2. The molecule has 0 fully saturated rings. The second-order valence-electron chi connectivity index (χ2n) is 4.37. The van der Waals surface area contributed by atoms with E-state index in [0.717, 1.165) is 24.2 Å². The summed E-state index contributed by atoms with van der Waals surface area (Å²) in [5.41, 5.74) is 7.33. The number of nitrogens with zero attached hydrogens (tertiary/aromatic N) is 2. The number of rotatable bonds is 1. The number of hydrogen-bond donors (Lipinski definition) is 1. The van der Waals surface area contributed by atoms with Crippen molar-refractivity contribution in [2.75, 3.05) is 17.2 Å². The van der Waals surface area contributed by atoms with Gasteiger partial charge < -0.3 is 10.6 Å². The quantitative estimate of drug-likeness (QED) is 0.879. The van der Waals surface area contributed by atoms with Gasteiger partial charge in [-0.25, -0.2) is 4.98 Å². The number of amides is 1. The number of carbonyl (C=O) groups excluding carboxylic acids is 1. The lowest BCUT2D eigenvalue weighted by Crippen LogP contribution is -2.30. The fraction of sp³-hybridized carbons (Fsp3) is 0.231. The predicted molar refractivity (Wildman–Crippen MR) is 78.0 cm³/mol. The van der Waals surface area contributed by atoms with E-state index in [4.69, 9.17) is 17.3 Å². The topological polar surface area (TPSA) is 59.2 Å². The molecule has 1 aromatic heterocycles.